The lowest BCUT2D eigenvalue weighted by atomic mass is 10.2. The first kappa shape index (κ1) is 15.0. The number of rotatable bonds is 6. The SMILES string of the molecule is CC(C)CNCc1ccnn1Cc1cc(Cl)ccc1F. The lowest BCUT2D eigenvalue weighted by Gasteiger charge is -2.11. The van der Waals surface area contributed by atoms with Crippen molar-refractivity contribution >= 4 is 11.6 Å². The van der Waals surface area contributed by atoms with E-state index in [4.69, 9.17) is 11.6 Å². The predicted molar refractivity (Wildman–Crippen MR) is 79.3 cm³/mol. The Morgan fingerprint density at radius 3 is 2.90 bits per heavy atom. The quantitative estimate of drug-likeness (QED) is 0.884. The van der Waals surface area contributed by atoms with Crippen LogP contribution in [0.15, 0.2) is 30.5 Å². The summed E-state index contributed by atoms with van der Waals surface area (Å²) in [6, 6.07) is 6.52. The van der Waals surface area contributed by atoms with E-state index in [0.717, 1.165) is 18.8 Å². The zero-order valence-electron chi connectivity index (χ0n) is 11.7. The summed E-state index contributed by atoms with van der Waals surface area (Å²) in [6.07, 6.45) is 1.73. The Morgan fingerprint density at radius 1 is 1.35 bits per heavy atom. The van der Waals surface area contributed by atoms with Crippen molar-refractivity contribution < 1.29 is 4.39 Å². The summed E-state index contributed by atoms with van der Waals surface area (Å²) in [6.45, 7) is 6.37. The molecule has 0 fully saturated rings. The average molecular weight is 296 g/mol. The number of hydrogen-bond acceptors (Lipinski definition) is 2. The summed E-state index contributed by atoms with van der Waals surface area (Å²) in [5, 5.41) is 8.14. The fourth-order valence-corrected chi connectivity index (χ4v) is 2.16. The largest absolute Gasteiger partial charge is 0.311 e. The molecule has 5 heteroatoms. The second-order valence-electron chi connectivity index (χ2n) is 5.24. The van der Waals surface area contributed by atoms with Gasteiger partial charge in [-0.15, -0.1) is 0 Å². The Balaban J connectivity index is 2.06. The van der Waals surface area contributed by atoms with Gasteiger partial charge in [-0.05, 0) is 36.7 Å². The van der Waals surface area contributed by atoms with Crippen LogP contribution in [0.3, 0.4) is 0 Å². The van der Waals surface area contributed by atoms with E-state index in [1.54, 1.807) is 23.0 Å². The smallest absolute Gasteiger partial charge is 0.128 e. The maximum Gasteiger partial charge on any atom is 0.128 e. The van der Waals surface area contributed by atoms with Crippen LogP contribution in [-0.2, 0) is 13.1 Å². The first-order valence-corrected chi connectivity index (χ1v) is 7.09. The molecule has 1 aromatic heterocycles. The van der Waals surface area contributed by atoms with Gasteiger partial charge in [0.25, 0.3) is 0 Å². The zero-order chi connectivity index (χ0) is 14.5. The Hall–Kier alpha value is -1.39. The fourth-order valence-electron chi connectivity index (χ4n) is 1.97. The van der Waals surface area contributed by atoms with Crippen molar-refractivity contribution in [2.45, 2.75) is 26.9 Å². The minimum absolute atomic E-state index is 0.258. The lowest BCUT2D eigenvalue weighted by molar-refractivity contribution is 0.523. The van der Waals surface area contributed by atoms with Crippen LogP contribution in [-0.4, -0.2) is 16.3 Å². The predicted octanol–water partition coefficient (Wildman–Crippen LogP) is 3.47. The van der Waals surface area contributed by atoms with Crippen LogP contribution in [0.2, 0.25) is 5.02 Å². The van der Waals surface area contributed by atoms with Crippen LogP contribution in [0.4, 0.5) is 4.39 Å². The molecule has 0 aliphatic heterocycles. The van der Waals surface area contributed by atoms with E-state index in [-0.39, 0.29) is 5.82 Å². The maximum absolute atomic E-state index is 13.7. The number of nitrogens with one attached hydrogen (secondary N) is 1. The fraction of sp³-hybridized carbons (Fsp3) is 0.400. The third-order valence-corrected chi connectivity index (χ3v) is 3.23. The third-order valence-electron chi connectivity index (χ3n) is 2.99. The van der Waals surface area contributed by atoms with Crippen molar-refractivity contribution in [3.8, 4) is 0 Å². The average Bonchev–Trinajstić information content (AvgIpc) is 2.81. The molecule has 0 saturated carbocycles. The van der Waals surface area contributed by atoms with E-state index in [1.807, 2.05) is 6.07 Å². The lowest BCUT2D eigenvalue weighted by Crippen LogP contribution is -2.21. The Kier molecular flexibility index (Phi) is 5.15. The molecule has 1 heterocycles. The molecule has 1 N–H and O–H groups in total. The number of aromatic nitrogens is 2. The molecule has 0 spiro atoms. The summed E-state index contributed by atoms with van der Waals surface area (Å²) >= 11 is 5.91. The third kappa shape index (κ3) is 4.05. The molecule has 2 aromatic rings. The maximum atomic E-state index is 13.7. The monoisotopic (exact) mass is 295 g/mol. The van der Waals surface area contributed by atoms with Crippen molar-refractivity contribution in [2.24, 2.45) is 5.92 Å². The molecule has 0 radical (unpaired) electrons. The van der Waals surface area contributed by atoms with Crippen LogP contribution < -0.4 is 5.32 Å². The molecular formula is C15H19ClFN3. The molecule has 0 aliphatic rings. The van der Waals surface area contributed by atoms with Gasteiger partial charge in [0.15, 0.2) is 0 Å². The molecule has 1 aromatic carbocycles. The molecule has 0 bridgehead atoms. The van der Waals surface area contributed by atoms with Gasteiger partial charge in [-0.1, -0.05) is 25.4 Å². The molecule has 108 valence electrons. The highest BCUT2D eigenvalue weighted by molar-refractivity contribution is 6.30. The topological polar surface area (TPSA) is 29.9 Å². The van der Waals surface area contributed by atoms with E-state index < -0.39 is 0 Å². The van der Waals surface area contributed by atoms with Crippen molar-refractivity contribution in [3.63, 3.8) is 0 Å². The first-order valence-electron chi connectivity index (χ1n) is 6.71. The molecule has 0 amide bonds. The van der Waals surface area contributed by atoms with E-state index in [1.165, 1.54) is 6.07 Å². The minimum Gasteiger partial charge on any atom is -0.311 e. The summed E-state index contributed by atoms with van der Waals surface area (Å²) in [5.41, 5.74) is 1.58. The van der Waals surface area contributed by atoms with Crippen LogP contribution in [0, 0.1) is 11.7 Å². The van der Waals surface area contributed by atoms with Crippen molar-refractivity contribution in [1.29, 1.82) is 0 Å². The number of halogens is 2. The number of benzene rings is 1. The van der Waals surface area contributed by atoms with E-state index in [0.29, 0.717) is 23.0 Å². The molecule has 0 unspecified atom stereocenters. The van der Waals surface area contributed by atoms with Gasteiger partial charge < -0.3 is 5.32 Å². The molecule has 0 aliphatic carbocycles. The van der Waals surface area contributed by atoms with Gasteiger partial charge in [0.1, 0.15) is 5.82 Å². The highest BCUT2D eigenvalue weighted by Gasteiger charge is 2.08. The summed E-state index contributed by atoms with van der Waals surface area (Å²) in [4.78, 5) is 0. The molecule has 0 saturated heterocycles. The molecule has 2 rings (SSSR count). The highest BCUT2D eigenvalue weighted by atomic mass is 35.5. The van der Waals surface area contributed by atoms with E-state index in [2.05, 4.69) is 24.3 Å². The zero-order valence-corrected chi connectivity index (χ0v) is 12.5. The number of nitrogens with zero attached hydrogens (tertiary/aromatic N) is 2. The van der Waals surface area contributed by atoms with Gasteiger partial charge in [0.2, 0.25) is 0 Å². The molecule has 0 atom stereocenters. The minimum atomic E-state index is -0.258. The molecule has 3 nitrogen and oxygen atoms in total. The summed E-state index contributed by atoms with van der Waals surface area (Å²) in [7, 11) is 0. The van der Waals surface area contributed by atoms with Gasteiger partial charge in [-0.25, -0.2) is 4.39 Å². The van der Waals surface area contributed by atoms with E-state index in [9.17, 15) is 4.39 Å². The molecule has 20 heavy (non-hydrogen) atoms. The van der Waals surface area contributed by atoms with Gasteiger partial charge in [0.05, 0.1) is 12.2 Å². The first-order chi connectivity index (χ1) is 9.56. The highest BCUT2D eigenvalue weighted by Crippen LogP contribution is 2.16. The summed E-state index contributed by atoms with van der Waals surface area (Å²) in [5.74, 6) is 0.336. The van der Waals surface area contributed by atoms with Gasteiger partial charge in [0, 0.05) is 23.3 Å². The normalized spacial score (nSPS) is 11.2. The van der Waals surface area contributed by atoms with Crippen LogP contribution in [0.25, 0.3) is 0 Å². The Bertz CT molecular complexity index is 566. The Morgan fingerprint density at radius 2 is 2.15 bits per heavy atom. The van der Waals surface area contributed by atoms with Crippen molar-refractivity contribution in [1.82, 2.24) is 15.1 Å². The molecular weight excluding hydrogens is 277 g/mol. The van der Waals surface area contributed by atoms with Gasteiger partial charge >= 0.3 is 0 Å². The van der Waals surface area contributed by atoms with Gasteiger partial charge in [-0.2, -0.15) is 5.10 Å². The second-order valence-corrected chi connectivity index (χ2v) is 5.68. The van der Waals surface area contributed by atoms with Crippen LogP contribution in [0.5, 0.6) is 0 Å². The Labute approximate surface area is 123 Å². The van der Waals surface area contributed by atoms with Gasteiger partial charge in [-0.3, -0.25) is 4.68 Å². The van der Waals surface area contributed by atoms with Crippen LogP contribution in [0.1, 0.15) is 25.1 Å². The standard InChI is InChI=1S/C15H19ClFN3/c1-11(2)8-18-9-14-5-6-19-20(14)10-12-7-13(16)3-4-15(12)17/h3-7,11,18H,8-10H2,1-2H3. The van der Waals surface area contributed by atoms with E-state index >= 15 is 0 Å². The van der Waals surface area contributed by atoms with Crippen molar-refractivity contribution in [2.75, 3.05) is 6.54 Å². The van der Waals surface area contributed by atoms with Crippen LogP contribution >= 0.6 is 11.6 Å². The second kappa shape index (κ2) is 6.86. The summed E-state index contributed by atoms with van der Waals surface area (Å²) < 4.78 is 15.5. The number of hydrogen-bond donors (Lipinski definition) is 1. The van der Waals surface area contributed by atoms with Crippen molar-refractivity contribution in [3.05, 3.63) is 52.6 Å².